The Kier molecular flexibility index (Phi) is 4.31. The van der Waals surface area contributed by atoms with Crippen LogP contribution in [0.5, 0.6) is 0 Å². The first-order valence-corrected chi connectivity index (χ1v) is 8.98. The molecular weight excluding hydrogens is 312 g/mol. The highest BCUT2D eigenvalue weighted by molar-refractivity contribution is 6.30. The van der Waals surface area contributed by atoms with E-state index in [4.69, 9.17) is 16.3 Å². The van der Waals surface area contributed by atoms with E-state index in [0.717, 1.165) is 44.0 Å². The second kappa shape index (κ2) is 6.42. The number of fused-ring (bicyclic) bond motifs is 1. The average Bonchev–Trinajstić information content (AvgIpc) is 2.87. The molecule has 0 aromatic heterocycles. The molecule has 2 heterocycles. The first kappa shape index (κ1) is 15.4. The van der Waals surface area contributed by atoms with Crippen LogP contribution in [0.2, 0.25) is 5.02 Å². The third-order valence-corrected chi connectivity index (χ3v) is 5.73. The molecule has 0 bridgehead atoms. The van der Waals surface area contributed by atoms with E-state index < -0.39 is 0 Å². The standard InChI is InChI=1S/C18H23ClN2O2/c19-14-6-4-12(5-7-14)17-10-21-9-15(8-16(21)11-23-17)20-18(22)13-2-1-3-13/h4-7,13,15-17H,1-3,8-11H2,(H,20,22)/t15-,16-,17+/m0/s1. The van der Waals surface area contributed by atoms with Gasteiger partial charge in [-0.15, -0.1) is 0 Å². The summed E-state index contributed by atoms with van der Waals surface area (Å²) >= 11 is 5.96. The molecule has 5 heteroatoms. The highest BCUT2D eigenvalue weighted by Crippen LogP contribution is 2.32. The van der Waals surface area contributed by atoms with E-state index in [1.807, 2.05) is 24.3 Å². The number of carbonyl (C=O) groups is 1. The minimum absolute atomic E-state index is 0.101. The van der Waals surface area contributed by atoms with Crippen LogP contribution in [-0.2, 0) is 9.53 Å². The summed E-state index contributed by atoms with van der Waals surface area (Å²) in [6, 6.07) is 8.62. The first-order valence-electron chi connectivity index (χ1n) is 8.60. The van der Waals surface area contributed by atoms with Crippen molar-refractivity contribution in [1.29, 1.82) is 0 Å². The molecular formula is C18H23ClN2O2. The molecule has 1 saturated carbocycles. The fourth-order valence-corrected chi connectivity index (χ4v) is 3.97. The van der Waals surface area contributed by atoms with Gasteiger partial charge in [0.25, 0.3) is 0 Å². The summed E-state index contributed by atoms with van der Waals surface area (Å²) in [5, 5.41) is 4.00. The van der Waals surface area contributed by atoms with E-state index in [2.05, 4.69) is 10.2 Å². The van der Waals surface area contributed by atoms with Crippen molar-refractivity contribution in [2.45, 2.75) is 43.9 Å². The molecule has 0 unspecified atom stereocenters. The third kappa shape index (κ3) is 3.25. The Hall–Kier alpha value is -1.10. The number of benzene rings is 1. The third-order valence-electron chi connectivity index (χ3n) is 5.48. The van der Waals surface area contributed by atoms with Crippen LogP contribution >= 0.6 is 11.6 Å². The molecule has 124 valence electrons. The predicted molar refractivity (Wildman–Crippen MR) is 89.4 cm³/mol. The highest BCUT2D eigenvalue weighted by atomic mass is 35.5. The molecule has 1 N–H and O–H groups in total. The smallest absolute Gasteiger partial charge is 0.223 e. The van der Waals surface area contributed by atoms with Gasteiger partial charge < -0.3 is 10.1 Å². The Bertz CT molecular complexity index is 573. The Morgan fingerprint density at radius 2 is 2.00 bits per heavy atom. The zero-order valence-corrected chi connectivity index (χ0v) is 14.0. The topological polar surface area (TPSA) is 41.6 Å². The molecule has 3 atom stereocenters. The zero-order valence-electron chi connectivity index (χ0n) is 13.2. The van der Waals surface area contributed by atoms with Gasteiger partial charge in [-0.3, -0.25) is 9.69 Å². The lowest BCUT2D eigenvalue weighted by atomic mass is 9.84. The highest BCUT2D eigenvalue weighted by Gasteiger charge is 2.39. The van der Waals surface area contributed by atoms with Gasteiger partial charge >= 0.3 is 0 Å². The quantitative estimate of drug-likeness (QED) is 0.924. The lowest BCUT2D eigenvalue weighted by Gasteiger charge is -2.35. The number of nitrogens with zero attached hydrogens (tertiary/aromatic N) is 1. The maximum atomic E-state index is 12.1. The molecule has 0 spiro atoms. The van der Waals surface area contributed by atoms with Gasteiger partial charge in [-0.05, 0) is 37.0 Å². The zero-order chi connectivity index (χ0) is 15.8. The molecule has 4 nitrogen and oxygen atoms in total. The van der Waals surface area contributed by atoms with Crippen LogP contribution < -0.4 is 5.32 Å². The Balaban J connectivity index is 1.34. The molecule has 23 heavy (non-hydrogen) atoms. The van der Waals surface area contributed by atoms with Gasteiger partial charge in [0.05, 0.1) is 12.7 Å². The van der Waals surface area contributed by atoms with Crippen molar-refractivity contribution >= 4 is 17.5 Å². The molecule has 3 aliphatic rings. The van der Waals surface area contributed by atoms with Gasteiger partial charge in [0, 0.05) is 36.1 Å². The fourth-order valence-electron chi connectivity index (χ4n) is 3.85. The van der Waals surface area contributed by atoms with Crippen LogP contribution in [-0.4, -0.2) is 42.6 Å². The van der Waals surface area contributed by atoms with Crippen molar-refractivity contribution in [3.05, 3.63) is 34.9 Å². The van der Waals surface area contributed by atoms with Crippen LogP contribution in [0, 0.1) is 5.92 Å². The average molecular weight is 335 g/mol. The maximum absolute atomic E-state index is 12.1. The van der Waals surface area contributed by atoms with Crippen LogP contribution in [0.25, 0.3) is 0 Å². The van der Waals surface area contributed by atoms with Gasteiger partial charge in [-0.1, -0.05) is 30.2 Å². The van der Waals surface area contributed by atoms with Gasteiger partial charge in [0.2, 0.25) is 5.91 Å². The minimum atomic E-state index is 0.101. The van der Waals surface area contributed by atoms with E-state index >= 15 is 0 Å². The largest absolute Gasteiger partial charge is 0.371 e. The number of carbonyl (C=O) groups excluding carboxylic acids is 1. The lowest BCUT2D eigenvalue weighted by Crippen LogP contribution is -2.44. The van der Waals surface area contributed by atoms with Gasteiger partial charge in [-0.2, -0.15) is 0 Å². The SMILES string of the molecule is O=C(N[C@H]1C[C@H]2CO[C@@H](c3ccc(Cl)cc3)CN2C1)C1CCC1. The molecule has 1 aromatic carbocycles. The van der Waals surface area contributed by atoms with E-state index in [-0.39, 0.29) is 24.0 Å². The van der Waals surface area contributed by atoms with E-state index in [1.165, 1.54) is 12.0 Å². The summed E-state index contributed by atoms with van der Waals surface area (Å²) in [6.45, 7) is 2.57. The van der Waals surface area contributed by atoms with Crippen molar-refractivity contribution in [3.8, 4) is 0 Å². The number of nitrogens with one attached hydrogen (secondary N) is 1. The second-order valence-electron chi connectivity index (χ2n) is 7.05. The number of halogens is 1. The van der Waals surface area contributed by atoms with Crippen molar-refractivity contribution in [2.75, 3.05) is 19.7 Å². The van der Waals surface area contributed by atoms with E-state index in [0.29, 0.717) is 6.04 Å². The minimum Gasteiger partial charge on any atom is -0.371 e. The summed E-state index contributed by atoms with van der Waals surface area (Å²) < 4.78 is 6.05. The monoisotopic (exact) mass is 334 g/mol. The first-order chi connectivity index (χ1) is 11.2. The van der Waals surface area contributed by atoms with E-state index in [1.54, 1.807) is 0 Å². The van der Waals surface area contributed by atoms with Gasteiger partial charge in [0.15, 0.2) is 0 Å². The number of rotatable bonds is 3. The van der Waals surface area contributed by atoms with Gasteiger partial charge in [0.1, 0.15) is 0 Å². The van der Waals surface area contributed by atoms with Crippen LogP contribution in [0.1, 0.15) is 37.4 Å². The van der Waals surface area contributed by atoms with Crippen molar-refractivity contribution in [3.63, 3.8) is 0 Å². The second-order valence-corrected chi connectivity index (χ2v) is 7.49. The summed E-state index contributed by atoms with van der Waals surface area (Å²) in [5.74, 6) is 0.530. The number of morpholine rings is 1. The summed E-state index contributed by atoms with van der Waals surface area (Å²) in [6.07, 6.45) is 4.44. The van der Waals surface area contributed by atoms with Crippen molar-refractivity contribution in [2.24, 2.45) is 5.92 Å². The summed E-state index contributed by atoms with van der Waals surface area (Å²) in [7, 11) is 0. The summed E-state index contributed by atoms with van der Waals surface area (Å²) in [4.78, 5) is 14.6. The molecule has 2 saturated heterocycles. The van der Waals surface area contributed by atoms with Gasteiger partial charge in [-0.25, -0.2) is 0 Å². The molecule has 1 aromatic rings. The number of ether oxygens (including phenoxy) is 1. The lowest BCUT2D eigenvalue weighted by molar-refractivity contribution is -0.128. The van der Waals surface area contributed by atoms with Crippen LogP contribution in [0.15, 0.2) is 24.3 Å². The summed E-state index contributed by atoms with van der Waals surface area (Å²) in [5.41, 5.74) is 1.18. The number of hydrogen-bond acceptors (Lipinski definition) is 3. The molecule has 1 amide bonds. The molecule has 4 rings (SSSR count). The van der Waals surface area contributed by atoms with E-state index in [9.17, 15) is 4.79 Å². The molecule has 0 radical (unpaired) electrons. The Morgan fingerprint density at radius 1 is 1.22 bits per heavy atom. The normalized spacial score (nSPS) is 31.4. The molecule has 3 fully saturated rings. The molecule has 2 aliphatic heterocycles. The predicted octanol–water partition coefficient (Wildman–Crippen LogP) is 2.77. The Morgan fingerprint density at radius 3 is 2.70 bits per heavy atom. The van der Waals surface area contributed by atoms with Crippen molar-refractivity contribution in [1.82, 2.24) is 10.2 Å². The van der Waals surface area contributed by atoms with Crippen LogP contribution in [0.3, 0.4) is 0 Å². The number of hydrogen-bond donors (Lipinski definition) is 1. The molecule has 1 aliphatic carbocycles. The van der Waals surface area contributed by atoms with Crippen LogP contribution in [0.4, 0.5) is 0 Å². The fraction of sp³-hybridized carbons (Fsp3) is 0.611. The maximum Gasteiger partial charge on any atom is 0.223 e. The Labute approximate surface area is 142 Å². The number of amides is 1. The van der Waals surface area contributed by atoms with Crippen molar-refractivity contribution < 1.29 is 9.53 Å².